The summed E-state index contributed by atoms with van der Waals surface area (Å²) in [6.45, 7) is 5.65. The molecule has 0 bridgehead atoms. The molecule has 1 unspecified atom stereocenters. The van der Waals surface area contributed by atoms with E-state index in [1.165, 1.54) is 0 Å². The van der Waals surface area contributed by atoms with E-state index in [0.29, 0.717) is 0 Å². The van der Waals surface area contributed by atoms with Crippen molar-refractivity contribution < 1.29 is 5.11 Å². The monoisotopic (exact) mass is 183 g/mol. The number of aromatic nitrogens is 1. The van der Waals surface area contributed by atoms with Crippen LogP contribution < -0.4 is 0 Å². The average molecular weight is 183 g/mol. The lowest BCUT2D eigenvalue weighted by molar-refractivity contribution is 0.232. The van der Waals surface area contributed by atoms with E-state index < -0.39 is 0 Å². The molecule has 1 heterocycles. The van der Waals surface area contributed by atoms with E-state index in [1.54, 1.807) is 18.3 Å². The van der Waals surface area contributed by atoms with Crippen LogP contribution in [0.5, 0.6) is 0 Å². The van der Waals surface area contributed by atoms with Gasteiger partial charge in [-0.3, -0.25) is 0 Å². The Morgan fingerprint density at radius 2 is 2.42 bits per heavy atom. The Kier molecular flexibility index (Phi) is 3.00. The van der Waals surface area contributed by atoms with Crippen LogP contribution >= 0.6 is 11.3 Å². The molecule has 0 saturated heterocycles. The molecule has 1 rings (SSSR count). The maximum absolute atomic E-state index is 9.20. The Labute approximate surface area is 76.6 Å². The molecule has 0 saturated carbocycles. The van der Waals surface area contributed by atoms with Crippen molar-refractivity contribution in [2.75, 3.05) is 0 Å². The number of hydrogen-bond acceptors (Lipinski definition) is 3. The predicted octanol–water partition coefficient (Wildman–Crippen LogP) is 2.24. The first-order valence-electron chi connectivity index (χ1n) is 3.88. The Hall–Kier alpha value is -0.670. The summed E-state index contributed by atoms with van der Waals surface area (Å²) in [5, 5.41) is 10.3. The smallest absolute Gasteiger partial charge is 0.0900 e. The molecule has 3 heteroatoms. The quantitative estimate of drug-likeness (QED) is 0.762. The summed E-state index contributed by atoms with van der Waals surface area (Å²) < 4.78 is 0. The molecule has 0 amide bonds. The zero-order valence-corrected chi connectivity index (χ0v) is 8.35. The summed E-state index contributed by atoms with van der Waals surface area (Å²) in [7, 11) is 0. The van der Waals surface area contributed by atoms with Crippen LogP contribution in [0.1, 0.15) is 23.7 Å². The topological polar surface area (TPSA) is 33.1 Å². The highest BCUT2D eigenvalue weighted by Crippen LogP contribution is 2.16. The maximum Gasteiger partial charge on any atom is 0.0900 e. The van der Waals surface area contributed by atoms with Gasteiger partial charge in [0.25, 0.3) is 0 Å². The molecule has 0 aromatic carbocycles. The summed E-state index contributed by atoms with van der Waals surface area (Å²) >= 11 is 1.63. The SMILES string of the molecule is CC(=Cc1cnc(C)s1)C(C)O. The van der Waals surface area contributed by atoms with Crippen LogP contribution in [0.4, 0.5) is 0 Å². The van der Waals surface area contributed by atoms with Gasteiger partial charge in [0, 0.05) is 11.1 Å². The van der Waals surface area contributed by atoms with Crippen LogP contribution in [0.3, 0.4) is 0 Å². The van der Waals surface area contributed by atoms with Crippen molar-refractivity contribution in [2.24, 2.45) is 0 Å². The Morgan fingerprint density at radius 3 is 2.83 bits per heavy atom. The van der Waals surface area contributed by atoms with Crippen LogP contribution in [0.25, 0.3) is 6.08 Å². The fourth-order valence-electron chi connectivity index (χ4n) is 0.790. The second kappa shape index (κ2) is 3.83. The highest BCUT2D eigenvalue weighted by atomic mass is 32.1. The van der Waals surface area contributed by atoms with E-state index in [1.807, 2.05) is 26.1 Å². The van der Waals surface area contributed by atoms with E-state index in [9.17, 15) is 5.11 Å². The van der Waals surface area contributed by atoms with Gasteiger partial charge in [-0.25, -0.2) is 4.98 Å². The maximum atomic E-state index is 9.20. The van der Waals surface area contributed by atoms with Crippen LogP contribution in [0.2, 0.25) is 0 Å². The third-order valence-electron chi connectivity index (χ3n) is 1.67. The van der Waals surface area contributed by atoms with Crippen LogP contribution in [-0.2, 0) is 0 Å². The molecule has 1 atom stereocenters. The van der Waals surface area contributed by atoms with E-state index in [-0.39, 0.29) is 6.10 Å². The van der Waals surface area contributed by atoms with E-state index in [0.717, 1.165) is 15.5 Å². The van der Waals surface area contributed by atoms with E-state index >= 15 is 0 Å². The van der Waals surface area contributed by atoms with Gasteiger partial charge in [0.2, 0.25) is 0 Å². The van der Waals surface area contributed by atoms with Gasteiger partial charge in [-0.05, 0) is 32.4 Å². The number of nitrogens with zero attached hydrogens (tertiary/aromatic N) is 1. The molecule has 2 nitrogen and oxygen atoms in total. The van der Waals surface area contributed by atoms with Crippen LogP contribution in [0, 0.1) is 6.92 Å². The lowest BCUT2D eigenvalue weighted by atomic mass is 10.2. The molecule has 66 valence electrons. The lowest BCUT2D eigenvalue weighted by Crippen LogP contribution is -1.99. The summed E-state index contributed by atoms with van der Waals surface area (Å²) in [6.07, 6.45) is 3.42. The zero-order valence-electron chi connectivity index (χ0n) is 7.53. The highest BCUT2D eigenvalue weighted by molar-refractivity contribution is 7.12. The van der Waals surface area contributed by atoms with Crippen molar-refractivity contribution in [2.45, 2.75) is 26.9 Å². The number of aliphatic hydroxyl groups is 1. The largest absolute Gasteiger partial charge is 0.389 e. The Morgan fingerprint density at radius 1 is 1.75 bits per heavy atom. The van der Waals surface area contributed by atoms with Crippen molar-refractivity contribution in [1.29, 1.82) is 0 Å². The summed E-state index contributed by atoms with van der Waals surface area (Å²) in [5.74, 6) is 0. The van der Waals surface area contributed by atoms with Gasteiger partial charge in [0.15, 0.2) is 0 Å². The summed E-state index contributed by atoms with van der Waals surface area (Å²) in [4.78, 5) is 5.22. The standard InChI is InChI=1S/C9H13NOS/c1-6(7(2)11)4-9-5-10-8(3)12-9/h4-5,7,11H,1-3H3. The van der Waals surface area contributed by atoms with Gasteiger partial charge in [-0.15, -0.1) is 11.3 Å². The van der Waals surface area contributed by atoms with E-state index in [4.69, 9.17) is 0 Å². The molecular weight excluding hydrogens is 170 g/mol. The average Bonchev–Trinajstić information content (AvgIpc) is 2.35. The zero-order chi connectivity index (χ0) is 9.14. The number of rotatable bonds is 2. The third kappa shape index (κ3) is 2.43. The molecule has 0 fully saturated rings. The molecular formula is C9H13NOS. The minimum atomic E-state index is -0.368. The normalized spacial score (nSPS) is 14.8. The third-order valence-corrected chi connectivity index (χ3v) is 2.53. The second-order valence-corrected chi connectivity index (χ2v) is 4.11. The lowest BCUT2D eigenvalue weighted by Gasteiger charge is -2.01. The van der Waals surface area contributed by atoms with Crippen LogP contribution in [-0.4, -0.2) is 16.2 Å². The first kappa shape index (κ1) is 9.42. The molecule has 0 aliphatic rings. The molecule has 1 N–H and O–H groups in total. The Balaban J connectivity index is 2.80. The van der Waals surface area contributed by atoms with Gasteiger partial charge in [-0.1, -0.05) is 0 Å². The van der Waals surface area contributed by atoms with E-state index in [2.05, 4.69) is 4.98 Å². The van der Waals surface area contributed by atoms with Gasteiger partial charge >= 0.3 is 0 Å². The predicted molar refractivity (Wildman–Crippen MR) is 52.2 cm³/mol. The molecule has 1 aromatic heterocycles. The van der Waals surface area contributed by atoms with Gasteiger partial charge < -0.3 is 5.11 Å². The molecule has 1 aromatic rings. The minimum absolute atomic E-state index is 0.368. The Bertz CT molecular complexity index is 288. The summed E-state index contributed by atoms with van der Waals surface area (Å²) in [5.41, 5.74) is 0.971. The molecule has 0 spiro atoms. The van der Waals surface area contributed by atoms with Gasteiger partial charge in [-0.2, -0.15) is 0 Å². The first-order valence-corrected chi connectivity index (χ1v) is 4.70. The summed E-state index contributed by atoms with van der Waals surface area (Å²) in [6, 6.07) is 0. The number of aliphatic hydroxyl groups excluding tert-OH is 1. The highest BCUT2D eigenvalue weighted by Gasteiger charge is 1.99. The van der Waals surface area contributed by atoms with Crippen molar-refractivity contribution in [3.05, 3.63) is 21.7 Å². The number of aryl methyl sites for hydroxylation is 1. The fourth-order valence-corrected chi connectivity index (χ4v) is 1.59. The van der Waals surface area contributed by atoms with Crippen molar-refractivity contribution in [3.63, 3.8) is 0 Å². The number of thiazole rings is 1. The van der Waals surface area contributed by atoms with Gasteiger partial charge in [0.05, 0.1) is 11.1 Å². The molecule has 0 aliphatic carbocycles. The van der Waals surface area contributed by atoms with Gasteiger partial charge in [0.1, 0.15) is 0 Å². The minimum Gasteiger partial charge on any atom is -0.389 e. The van der Waals surface area contributed by atoms with Crippen molar-refractivity contribution in [3.8, 4) is 0 Å². The molecule has 0 radical (unpaired) electrons. The molecule has 0 aliphatic heterocycles. The first-order chi connectivity index (χ1) is 5.59. The number of hydrogen-bond donors (Lipinski definition) is 1. The van der Waals surface area contributed by atoms with Crippen molar-refractivity contribution >= 4 is 17.4 Å². The second-order valence-electron chi connectivity index (χ2n) is 2.85. The van der Waals surface area contributed by atoms with Crippen LogP contribution in [0.15, 0.2) is 11.8 Å². The molecule has 12 heavy (non-hydrogen) atoms. The fraction of sp³-hybridized carbons (Fsp3) is 0.444. The van der Waals surface area contributed by atoms with Crippen molar-refractivity contribution in [1.82, 2.24) is 4.98 Å².